The van der Waals surface area contributed by atoms with Crippen molar-refractivity contribution < 1.29 is 9.47 Å². The highest BCUT2D eigenvalue weighted by atomic mass is 35.5. The molecule has 5 nitrogen and oxygen atoms in total. The van der Waals surface area contributed by atoms with Gasteiger partial charge >= 0.3 is 0 Å². The minimum Gasteiger partial charge on any atom is -0.454 e. The Hall–Kier alpha value is -2.57. The molecule has 2 aromatic carbocycles. The van der Waals surface area contributed by atoms with E-state index in [4.69, 9.17) is 21.1 Å². The molecule has 7 heteroatoms. The number of thiazole rings is 1. The van der Waals surface area contributed by atoms with E-state index in [0.29, 0.717) is 5.02 Å². The highest BCUT2D eigenvalue weighted by Crippen LogP contribution is 2.32. The SMILES string of the molecule is Clc1ccc(-c2csc(N/N=C\c3ccc4c(c3)OCO4)n2)cc1. The molecule has 0 bridgehead atoms. The highest BCUT2D eigenvalue weighted by Gasteiger charge is 2.12. The van der Waals surface area contributed by atoms with E-state index in [2.05, 4.69) is 15.5 Å². The van der Waals surface area contributed by atoms with Crippen LogP contribution in [0.15, 0.2) is 52.9 Å². The summed E-state index contributed by atoms with van der Waals surface area (Å²) in [6, 6.07) is 13.2. The Morgan fingerprint density at radius 2 is 1.96 bits per heavy atom. The van der Waals surface area contributed by atoms with Gasteiger partial charge in [0.25, 0.3) is 0 Å². The van der Waals surface area contributed by atoms with Gasteiger partial charge in [-0.15, -0.1) is 11.3 Å². The number of fused-ring (bicyclic) bond motifs is 1. The summed E-state index contributed by atoms with van der Waals surface area (Å²) in [7, 11) is 0. The van der Waals surface area contributed by atoms with Gasteiger partial charge in [-0.05, 0) is 35.9 Å². The molecule has 24 heavy (non-hydrogen) atoms. The largest absolute Gasteiger partial charge is 0.454 e. The van der Waals surface area contributed by atoms with Gasteiger partial charge in [0.1, 0.15) is 0 Å². The molecule has 0 atom stereocenters. The molecule has 120 valence electrons. The van der Waals surface area contributed by atoms with Crippen LogP contribution in [-0.4, -0.2) is 18.0 Å². The second kappa shape index (κ2) is 6.51. The molecule has 4 rings (SSSR count). The fourth-order valence-corrected chi connectivity index (χ4v) is 3.03. The number of anilines is 1. The van der Waals surface area contributed by atoms with Gasteiger partial charge in [-0.25, -0.2) is 4.98 Å². The van der Waals surface area contributed by atoms with Gasteiger partial charge in [-0.2, -0.15) is 5.10 Å². The number of hydrogen-bond acceptors (Lipinski definition) is 6. The van der Waals surface area contributed by atoms with E-state index < -0.39 is 0 Å². The number of halogens is 1. The third-order valence-corrected chi connectivity index (χ3v) is 4.41. The van der Waals surface area contributed by atoms with Gasteiger partial charge in [-0.1, -0.05) is 23.7 Å². The van der Waals surface area contributed by atoms with Gasteiger partial charge in [0, 0.05) is 16.0 Å². The van der Waals surface area contributed by atoms with Crippen LogP contribution in [0.2, 0.25) is 5.02 Å². The first kappa shape index (κ1) is 15.0. The number of benzene rings is 2. The fourth-order valence-electron chi connectivity index (χ4n) is 2.23. The topological polar surface area (TPSA) is 55.7 Å². The van der Waals surface area contributed by atoms with Crippen molar-refractivity contribution in [1.29, 1.82) is 0 Å². The zero-order valence-electron chi connectivity index (χ0n) is 12.4. The van der Waals surface area contributed by atoms with Crippen LogP contribution in [0.5, 0.6) is 11.5 Å². The Morgan fingerprint density at radius 1 is 1.12 bits per heavy atom. The summed E-state index contributed by atoms with van der Waals surface area (Å²) in [5.41, 5.74) is 5.76. The second-order valence-corrected chi connectivity index (χ2v) is 6.32. The molecule has 0 fully saturated rings. The van der Waals surface area contributed by atoms with Crippen LogP contribution in [-0.2, 0) is 0 Å². The van der Waals surface area contributed by atoms with E-state index in [1.807, 2.05) is 47.8 Å². The van der Waals surface area contributed by atoms with Crippen LogP contribution >= 0.6 is 22.9 Å². The van der Waals surface area contributed by atoms with Crippen LogP contribution in [0.4, 0.5) is 5.13 Å². The number of aromatic nitrogens is 1. The Morgan fingerprint density at radius 3 is 2.83 bits per heavy atom. The van der Waals surface area contributed by atoms with Gasteiger partial charge in [0.15, 0.2) is 11.5 Å². The van der Waals surface area contributed by atoms with Crippen LogP contribution < -0.4 is 14.9 Å². The van der Waals surface area contributed by atoms with Gasteiger partial charge in [0.2, 0.25) is 11.9 Å². The summed E-state index contributed by atoms with van der Waals surface area (Å²) in [6.45, 7) is 0.265. The summed E-state index contributed by atoms with van der Waals surface area (Å²) in [5, 5.41) is 7.62. The Kier molecular flexibility index (Phi) is 4.06. The molecule has 1 aliphatic rings. The Balaban J connectivity index is 1.43. The van der Waals surface area contributed by atoms with E-state index in [1.54, 1.807) is 6.21 Å². The monoisotopic (exact) mass is 357 g/mol. The lowest BCUT2D eigenvalue weighted by Gasteiger charge is -1.98. The first-order chi connectivity index (χ1) is 11.8. The van der Waals surface area contributed by atoms with Crippen molar-refractivity contribution in [2.45, 2.75) is 0 Å². The van der Waals surface area contributed by atoms with Crippen molar-refractivity contribution in [3.63, 3.8) is 0 Å². The molecule has 0 amide bonds. The second-order valence-electron chi connectivity index (χ2n) is 5.03. The molecule has 0 aliphatic carbocycles. The summed E-state index contributed by atoms with van der Waals surface area (Å²) in [4.78, 5) is 4.51. The van der Waals surface area contributed by atoms with E-state index >= 15 is 0 Å². The van der Waals surface area contributed by atoms with Crippen LogP contribution in [0.1, 0.15) is 5.56 Å². The molecule has 0 saturated carbocycles. The number of nitrogens with zero attached hydrogens (tertiary/aromatic N) is 2. The van der Waals surface area contributed by atoms with E-state index in [1.165, 1.54) is 11.3 Å². The first-order valence-corrected chi connectivity index (χ1v) is 8.44. The normalized spacial score (nSPS) is 12.7. The molecule has 3 aromatic rings. The minimum atomic E-state index is 0.265. The lowest BCUT2D eigenvalue weighted by molar-refractivity contribution is 0.174. The summed E-state index contributed by atoms with van der Waals surface area (Å²) in [6.07, 6.45) is 1.71. The standard InChI is InChI=1S/C17H12ClN3O2S/c18-13-4-2-12(3-5-13)14-9-24-17(20-14)21-19-8-11-1-6-15-16(7-11)23-10-22-15/h1-9H,10H2,(H,20,21)/b19-8-. The van der Waals surface area contributed by atoms with E-state index in [0.717, 1.165) is 33.5 Å². The lowest BCUT2D eigenvalue weighted by Crippen LogP contribution is -1.93. The molecule has 1 aliphatic heterocycles. The Labute approximate surface area is 147 Å². The van der Waals surface area contributed by atoms with Gasteiger partial charge in [-0.3, -0.25) is 5.43 Å². The number of ether oxygens (including phenoxy) is 2. The molecular formula is C17H12ClN3O2S. The molecule has 0 radical (unpaired) electrons. The average Bonchev–Trinajstić information content (AvgIpc) is 3.24. The number of hydrazone groups is 1. The average molecular weight is 358 g/mol. The molecule has 0 unspecified atom stereocenters. The first-order valence-electron chi connectivity index (χ1n) is 7.18. The number of nitrogens with one attached hydrogen (secondary N) is 1. The summed E-state index contributed by atoms with van der Waals surface area (Å²) < 4.78 is 10.6. The molecule has 0 spiro atoms. The zero-order valence-corrected chi connectivity index (χ0v) is 14.0. The fraction of sp³-hybridized carbons (Fsp3) is 0.0588. The molecule has 2 heterocycles. The summed E-state index contributed by atoms with van der Waals surface area (Å²) >= 11 is 7.39. The Bertz CT molecular complexity index is 893. The van der Waals surface area contributed by atoms with Gasteiger partial charge in [0.05, 0.1) is 11.9 Å². The maximum Gasteiger partial charge on any atom is 0.231 e. The van der Waals surface area contributed by atoms with Gasteiger partial charge < -0.3 is 9.47 Å². The summed E-state index contributed by atoms with van der Waals surface area (Å²) in [5.74, 6) is 1.49. The van der Waals surface area contributed by atoms with Crippen LogP contribution in [0.25, 0.3) is 11.3 Å². The minimum absolute atomic E-state index is 0.265. The van der Waals surface area contributed by atoms with Crippen molar-refractivity contribution in [3.05, 3.63) is 58.4 Å². The maximum atomic E-state index is 5.90. The maximum absolute atomic E-state index is 5.90. The van der Waals surface area contributed by atoms with Crippen LogP contribution in [0.3, 0.4) is 0 Å². The molecular weight excluding hydrogens is 346 g/mol. The van der Waals surface area contributed by atoms with Crippen LogP contribution in [0, 0.1) is 0 Å². The zero-order chi connectivity index (χ0) is 16.4. The van der Waals surface area contributed by atoms with Crippen molar-refractivity contribution >= 4 is 34.3 Å². The number of rotatable bonds is 4. The quantitative estimate of drug-likeness (QED) is 0.546. The highest BCUT2D eigenvalue weighted by molar-refractivity contribution is 7.14. The van der Waals surface area contributed by atoms with E-state index in [9.17, 15) is 0 Å². The van der Waals surface area contributed by atoms with E-state index in [-0.39, 0.29) is 6.79 Å². The van der Waals surface area contributed by atoms with Crippen molar-refractivity contribution in [2.75, 3.05) is 12.2 Å². The molecule has 1 N–H and O–H groups in total. The third kappa shape index (κ3) is 3.20. The number of hydrogen-bond donors (Lipinski definition) is 1. The predicted octanol–water partition coefficient (Wildman–Crippen LogP) is 4.64. The van der Waals surface area contributed by atoms with Crippen molar-refractivity contribution in [3.8, 4) is 22.8 Å². The predicted molar refractivity (Wildman–Crippen MR) is 96.3 cm³/mol. The molecule has 0 saturated heterocycles. The van der Waals surface area contributed by atoms with Crippen molar-refractivity contribution in [1.82, 2.24) is 4.98 Å². The molecule has 1 aromatic heterocycles. The third-order valence-electron chi connectivity index (χ3n) is 3.41. The lowest BCUT2D eigenvalue weighted by atomic mass is 10.2. The smallest absolute Gasteiger partial charge is 0.231 e. The van der Waals surface area contributed by atoms with Crippen molar-refractivity contribution in [2.24, 2.45) is 5.10 Å².